The molecule has 0 unspecified atom stereocenters. The lowest BCUT2D eigenvalue weighted by molar-refractivity contribution is 0.403. The number of hydrogen-bond acceptors (Lipinski definition) is 2. The van der Waals surface area contributed by atoms with E-state index in [9.17, 15) is 0 Å². The van der Waals surface area contributed by atoms with Crippen molar-refractivity contribution in [1.29, 1.82) is 0 Å². The zero-order chi connectivity index (χ0) is 52.0. The molecule has 2 aliphatic heterocycles. The van der Waals surface area contributed by atoms with E-state index in [0.29, 0.717) is 0 Å². The van der Waals surface area contributed by atoms with E-state index in [2.05, 4.69) is 275 Å². The van der Waals surface area contributed by atoms with Crippen LogP contribution in [0.1, 0.15) is 177 Å². The summed E-state index contributed by atoms with van der Waals surface area (Å²) in [6.07, 6.45) is 1.11. The predicted molar refractivity (Wildman–Crippen MR) is 316 cm³/mol. The van der Waals surface area contributed by atoms with E-state index in [1.165, 1.54) is 112 Å². The van der Waals surface area contributed by atoms with E-state index in [-0.39, 0.29) is 44.6 Å². The van der Waals surface area contributed by atoms with Gasteiger partial charge in [0.25, 0.3) is 6.71 Å². The van der Waals surface area contributed by atoms with Crippen LogP contribution in [0.5, 0.6) is 0 Å². The minimum atomic E-state index is -0.136. The first-order valence-electron chi connectivity index (χ1n) is 26.9. The Morgan fingerprint density at radius 1 is 0.361 bits per heavy atom. The van der Waals surface area contributed by atoms with Gasteiger partial charge in [-0.1, -0.05) is 216 Å². The van der Waals surface area contributed by atoms with Gasteiger partial charge in [-0.05, 0) is 165 Å². The fourth-order valence-electron chi connectivity index (χ4n) is 12.4. The Morgan fingerprint density at radius 2 is 0.806 bits per heavy atom. The molecule has 7 aromatic rings. The standard InChI is InChI=1S/C69H81BN2/c1-63(2,3)46-29-27-44(28-30-46)43-23-25-45(26-24-43)52-36-48(65(7,8)9)32-34-57(52)72-59-41-54-53(68(16,17)42-69(54,18)19)40-56(59)70-55-33-31-49(66(10,11)12)37-58(55)71(51-22-20-21-47(35-51)64(4,5)6)60-38-50(67(13,14)15)39-61(72)62(60)70/h20-41H,42H2,1-19H3. The van der Waals surface area contributed by atoms with Gasteiger partial charge >= 0.3 is 0 Å². The fraction of sp³-hybridized carbons (Fsp3) is 0.391. The average molecular weight is 949 g/mol. The number of benzene rings is 7. The molecule has 1 aliphatic carbocycles. The van der Waals surface area contributed by atoms with Gasteiger partial charge in [-0.2, -0.15) is 0 Å². The highest BCUT2D eigenvalue weighted by Gasteiger charge is 2.49. The minimum Gasteiger partial charge on any atom is -0.311 e. The maximum atomic E-state index is 2.71. The zero-order valence-corrected chi connectivity index (χ0v) is 47.4. The van der Waals surface area contributed by atoms with Crippen LogP contribution < -0.4 is 26.2 Å². The first kappa shape index (κ1) is 49.8. The molecule has 0 radical (unpaired) electrons. The summed E-state index contributed by atoms with van der Waals surface area (Å²) in [6.45, 7) is 45.0. The first-order chi connectivity index (χ1) is 33.3. The van der Waals surface area contributed by atoms with Crippen LogP contribution in [0.3, 0.4) is 0 Å². The quantitative estimate of drug-likeness (QED) is 0.162. The molecule has 0 saturated carbocycles. The van der Waals surface area contributed by atoms with E-state index < -0.39 is 0 Å². The van der Waals surface area contributed by atoms with Crippen molar-refractivity contribution in [3.63, 3.8) is 0 Å². The molecule has 0 saturated heterocycles. The van der Waals surface area contributed by atoms with Gasteiger partial charge in [0, 0.05) is 34.0 Å². The molecule has 2 nitrogen and oxygen atoms in total. The molecular weight excluding hydrogens is 868 g/mol. The number of fused-ring (bicyclic) bond motifs is 5. The predicted octanol–water partition coefficient (Wildman–Crippen LogP) is 17.5. The van der Waals surface area contributed by atoms with E-state index in [0.717, 1.165) is 6.42 Å². The molecule has 0 N–H and O–H groups in total. The Balaban J connectivity index is 1.31. The van der Waals surface area contributed by atoms with Crippen LogP contribution >= 0.6 is 0 Å². The lowest BCUT2D eigenvalue weighted by Crippen LogP contribution is -2.61. The van der Waals surface area contributed by atoms with Gasteiger partial charge in [-0.3, -0.25) is 0 Å². The number of rotatable bonds is 4. The highest BCUT2D eigenvalue weighted by Crippen LogP contribution is 2.54. The van der Waals surface area contributed by atoms with Crippen LogP contribution in [0.15, 0.2) is 133 Å². The number of anilines is 6. The van der Waals surface area contributed by atoms with Crippen molar-refractivity contribution >= 4 is 57.2 Å². The minimum absolute atomic E-state index is 0.0129. The molecule has 72 heavy (non-hydrogen) atoms. The van der Waals surface area contributed by atoms with E-state index >= 15 is 0 Å². The van der Waals surface area contributed by atoms with Gasteiger partial charge in [0.2, 0.25) is 0 Å². The molecule has 3 aliphatic rings. The van der Waals surface area contributed by atoms with E-state index in [1.54, 1.807) is 0 Å². The van der Waals surface area contributed by atoms with Crippen molar-refractivity contribution in [2.75, 3.05) is 9.80 Å². The maximum absolute atomic E-state index is 2.71. The summed E-state index contributed by atoms with van der Waals surface area (Å²) in [4.78, 5) is 5.35. The molecule has 0 fully saturated rings. The normalized spacial score (nSPS) is 16.1. The summed E-state index contributed by atoms with van der Waals surface area (Å²) in [5.41, 5.74) is 26.2. The first-order valence-corrected chi connectivity index (χ1v) is 26.9. The third kappa shape index (κ3) is 8.45. The molecule has 10 rings (SSSR count). The lowest BCUT2D eigenvalue weighted by Gasteiger charge is -2.46. The van der Waals surface area contributed by atoms with Crippen LogP contribution in [-0.4, -0.2) is 6.71 Å². The molecule has 2 heterocycles. The smallest absolute Gasteiger partial charge is 0.252 e. The van der Waals surface area contributed by atoms with Gasteiger partial charge in [-0.25, -0.2) is 0 Å². The molecule has 0 aromatic heterocycles. The second-order valence-corrected chi connectivity index (χ2v) is 28.4. The topological polar surface area (TPSA) is 6.48 Å². The van der Waals surface area contributed by atoms with E-state index in [4.69, 9.17) is 0 Å². The van der Waals surface area contributed by atoms with Crippen molar-refractivity contribution in [2.24, 2.45) is 0 Å². The Kier molecular flexibility index (Phi) is 11.3. The molecule has 0 bridgehead atoms. The van der Waals surface area contributed by atoms with Crippen LogP contribution in [-0.2, 0) is 37.9 Å². The molecule has 0 spiro atoms. The molecule has 0 amide bonds. The molecule has 7 aromatic carbocycles. The van der Waals surface area contributed by atoms with Gasteiger partial charge in [0.1, 0.15) is 0 Å². The molecule has 3 heteroatoms. The van der Waals surface area contributed by atoms with Crippen molar-refractivity contribution < 1.29 is 0 Å². The largest absolute Gasteiger partial charge is 0.311 e. The summed E-state index contributed by atoms with van der Waals surface area (Å²) in [7, 11) is 0. The maximum Gasteiger partial charge on any atom is 0.252 e. The Morgan fingerprint density at radius 3 is 1.38 bits per heavy atom. The Hall–Kier alpha value is -5.80. The Labute approximate surface area is 435 Å². The molecular formula is C69H81BN2. The average Bonchev–Trinajstić information content (AvgIpc) is 3.47. The number of nitrogens with zero attached hydrogens (tertiary/aromatic N) is 2. The number of hydrogen-bond donors (Lipinski definition) is 0. The van der Waals surface area contributed by atoms with Crippen molar-refractivity contribution in [2.45, 2.75) is 176 Å². The second kappa shape index (κ2) is 16.4. The van der Waals surface area contributed by atoms with E-state index in [1.807, 2.05) is 0 Å². The highest BCUT2D eigenvalue weighted by molar-refractivity contribution is 7.00. The van der Waals surface area contributed by atoms with Gasteiger partial charge in [0.15, 0.2) is 0 Å². The van der Waals surface area contributed by atoms with Crippen molar-refractivity contribution in [3.05, 3.63) is 172 Å². The second-order valence-electron chi connectivity index (χ2n) is 28.4. The summed E-state index contributed by atoms with van der Waals surface area (Å²) in [5.74, 6) is 0. The third-order valence-electron chi connectivity index (χ3n) is 16.6. The summed E-state index contributed by atoms with van der Waals surface area (Å²) >= 11 is 0. The highest BCUT2D eigenvalue weighted by atomic mass is 15.2. The fourth-order valence-corrected chi connectivity index (χ4v) is 12.4. The van der Waals surface area contributed by atoms with Crippen LogP contribution in [0.25, 0.3) is 22.3 Å². The van der Waals surface area contributed by atoms with Crippen LogP contribution in [0, 0.1) is 0 Å². The molecule has 370 valence electrons. The summed E-state index contributed by atoms with van der Waals surface area (Å²) in [6, 6.07) is 53.2. The van der Waals surface area contributed by atoms with Crippen molar-refractivity contribution in [3.8, 4) is 22.3 Å². The summed E-state index contributed by atoms with van der Waals surface area (Å²) in [5, 5.41) is 0. The lowest BCUT2D eigenvalue weighted by atomic mass is 9.33. The monoisotopic (exact) mass is 949 g/mol. The SMILES string of the molecule is CC(C)(C)c1ccc(-c2ccc(-c3cc(C(C)(C)C)ccc3N3c4cc5c(cc4B4c6ccc(C(C)(C)C)cc6N(c6cccc(C(C)(C)C)c6)c6cc(C(C)(C)C)cc3c64)C(C)(C)CC5(C)C)cc2)cc1. The van der Waals surface area contributed by atoms with Crippen LogP contribution in [0.4, 0.5) is 34.1 Å². The zero-order valence-electron chi connectivity index (χ0n) is 47.4. The molecule has 0 atom stereocenters. The van der Waals surface area contributed by atoms with Gasteiger partial charge in [-0.15, -0.1) is 0 Å². The third-order valence-corrected chi connectivity index (χ3v) is 16.6. The Bertz CT molecular complexity index is 3270. The van der Waals surface area contributed by atoms with Gasteiger partial charge in [0.05, 0.1) is 5.69 Å². The summed E-state index contributed by atoms with van der Waals surface area (Å²) < 4.78 is 0. The van der Waals surface area contributed by atoms with Gasteiger partial charge < -0.3 is 9.80 Å². The van der Waals surface area contributed by atoms with Crippen LogP contribution in [0.2, 0.25) is 0 Å². The van der Waals surface area contributed by atoms with Crippen molar-refractivity contribution in [1.82, 2.24) is 0 Å².